The summed E-state index contributed by atoms with van der Waals surface area (Å²) in [5.41, 5.74) is 0.985. The molecule has 0 bridgehead atoms. The van der Waals surface area contributed by atoms with Gasteiger partial charge in [0.1, 0.15) is 0 Å². The highest BCUT2D eigenvalue weighted by atomic mass is 16.5. The second-order valence-electron chi connectivity index (χ2n) is 3.69. The molecule has 0 unspecified atom stereocenters. The van der Waals surface area contributed by atoms with Gasteiger partial charge in [0.2, 0.25) is 11.8 Å². The lowest BCUT2D eigenvalue weighted by molar-refractivity contribution is -0.121. The summed E-state index contributed by atoms with van der Waals surface area (Å²) in [7, 11) is 3.45. The number of carbonyl (C=O) groups is 1. The molecule has 5 heteroatoms. The van der Waals surface area contributed by atoms with Crippen LogP contribution in [0.2, 0.25) is 0 Å². The van der Waals surface area contributed by atoms with Crippen LogP contribution in [-0.2, 0) is 11.3 Å². The molecule has 1 heterocycles. The van der Waals surface area contributed by atoms with E-state index < -0.39 is 0 Å². The normalized spacial score (nSPS) is 10.0. The van der Waals surface area contributed by atoms with Gasteiger partial charge in [-0.05, 0) is 31.6 Å². The van der Waals surface area contributed by atoms with Crippen LogP contribution in [0.25, 0.3) is 0 Å². The van der Waals surface area contributed by atoms with Crippen molar-refractivity contribution in [2.75, 3.05) is 20.7 Å². The number of methoxy groups -OCH3 is 1. The Morgan fingerprint density at radius 1 is 1.53 bits per heavy atom. The Morgan fingerprint density at radius 2 is 2.35 bits per heavy atom. The summed E-state index contributed by atoms with van der Waals surface area (Å²) < 4.78 is 5.01. The van der Waals surface area contributed by atoms with Gasteiger partial charge in [-0.15, -0.1) is 0 Å². The minimum atomic E-state index is 0.0658. The van der Waals surface area contributed by atoms with Crippen molar-refractivity contribution in [1.29, 1.82) is 0 Å². The van der Waals surface area contributed by atoms with Crippen molar-refractivity contribution in [3.63, 3.8) is 0 Å². The predicted molar refractivity (Wildman–Crippen MR) is 65.8 cm³/mol. The van der Waals surface area contributed by atoms with E-state index in [2.05, 4.69) is 15.6 Å². The number of nitrogens with zero attached hydrogens (tertiary/aromatic N) is 1. The molecule has 1 amide bonds. The van der Waals surface area contributed by atoms with Crippen LogP contribution >= 0.6 is 0 Å². The summed E-state index contributed by atoms with van der Waals surface area (Å²) in [6.07, 6.45) is 3.06. The number of hydrogen-bond acceptors (Lipinski definition) is 4. The van der Waals surface area contributed by atoms with Gasteiger partial charge in [0.25, 0.3) is 0 Å². The number of nitrogens with one attached hydrogen (secondary N) is 2. The SMILES string of the molecule is CNCCCC(=O)NCc1ccnc(OC)c1. The van der Waals surface area contributed by atoms with E-state index in [1.165, 1.54) is 0 Å². The molecule has 1 aromatic heterocycles. The van der Waals surface area contributed by atoms with Crippen molar-refractivity contribution < 1.29 is 9.53 Å². The van der Waals surface area contributed by atoms with E-state index in [9.17, 15) is 4.79 Å². The second kappa shape index (κ2) is 7.62. The van der Waals surface area contributed by atoms with Crippen molar-refractivity contribution in [2.24, 2.45) is 0 Å². The summed E-state index contributed by atoms with van der Waals surface area (Å²) in [5.74, 6) is 0.628. The van der Waals surface area contributed by atoms with Crippen molar-refractivity contribution in [1.82, 2.24) is 15.6 Å². The van der Waals surface area contributed by atoms with Crippen LogP contribution in [0.5, 0.6) is 5.88 Å². The van der Waals surface area contributed by atoms with E-state index in [0.717, 1.165) is 18.5 Å². The van der Waals surface area contributed by atoms with Crippen LogP contribution in [-0.4, -0.2) is 31.6 Å². The fourth-order valence-electron chi connectivity index (χ4n) is 1.39. The topological polar surface area (TPSA) is 63.2 Å². The molecule has 0 spiro atoms. The summed E-state index contributed by atoms with van der Waals surface area (Å²) in [5, 5.41) is 5.87. The summed E-state index contributed by atoms with van der Waals surface area (Å²) in [4.78, 5) is 15.5. The number of aromatic nitrogens is 1. The predicted octanol–water partition coefficient (Wildman–Crippen LogP) is 0.706. The van der Waals surface area contributed by atoms with Crippen LogP contribution in [0.4, 0.5) is 0 Å². The van der Waals surface area contributed by atoms with Gasteiger partial charge in [0.15, 0.2) is 0 Å². The van der Waals surface area contributed by atoms with Crippen molar-refractivity contribution in [3.05, 3.63) is 23.9 Å². The van der Waals surface area contributed by atoms with Crippen LogP contribution in [0.15, 0.2) is 18.3 Å². The highest BCUT2D eigenvalue weighted by Crippen LogP contribution is 2.07. The van der Waals surface area contributed by atoms with Gasteiger partial charge in [-0.25, -0.2) is 4.98 Å². The number of amides is 1. The molecule has 0 saturated carbocycles. The fourth-order valence-corrected chi connectivity index (χ4v) is 1.39. The third-order valence-corrected chi connectivity index (χ3v) is 2.33. The molecule has 0 aliphatic rings. The molecule has 94 valence electrons. The van der Waals surface area contributed by atoms with Crippen molar-refractivity contribution in [3.8, 4) is 5.88 Å². The van der Waals surface area contributed by atoms with Crippen LogP contribution in [0, 0.1) is 0 Å². The van der Waals surface area contributed by atoms with E-state index in [4.69, 9.17) is 4.74 Å². The smallest absolute Gasteiger partial charge is 0.220 e. The molecule has 5 nitrogen and oxygen atoms in total. The van der Waals surface area contributed by atoms with Crippen LogP contribution in [0.1, 0.15) is 18.4 Å². The Bertz CT molecular complexity index is 355. The van der Waals surface area contributed by atoms with Gasteiger partial charge < -0.3 is 15.4 Å². The molecular weight excluding hydrogens is 218 g/mol. The standard InChI is InChI=1S/C12H19N3O2/c1-13-6-3-4-11(16)15-9-10-5-7-14-12(8-10)17-2/h5,7-8,13H,3-4,6,9H2,1-2H3,(H,15,16). The second-order valence-corrected chi connectivity index (χ2v) is 3.69. The van der Waals surface area contributed by atoms with Crippen molar-refractivity contribution in [2.45, 2.75) is 19.4 Å². The van der Waals surface area contributed by atoms with Gasteiger partial charge in [-0.2, -0.15) is 0 Å². The number of carbonyl (C=O) groups excluding carboxylic acids is 1. The molecule has 0 aromatic carbocycles. The lowest BCUT2D eigenvalue weighted by atomic mass is 10.2. The average Bonchev–Trinajstić information content (AvgIpc) is 2.37. The maximum Gasteiger partial charge on any atom is 0.220 e. The zero-order valence-electron chi connectivity index (χ0n) is 10.3. The first-order chi connectivity index (χ1) is 8.26. The molecule has 2 N–H and O–H groups in total. The largest absolute Gasteiger partial charge is 0.481 e. The van der Waals surface area contributed by atoms with Gasteiger partial charge >= 0.3 is 0 Å². The molecule has 0 saturated heterocycles. The number of ether oxygens (including phenoxy) is 1. The fraction of sp³-hybridized carbons (Fsp3) is 0.500. The van der Waals surface area contributed by atoms with Gasteiger partial charge in [0.05, 0.1) is 7.11 Å². The van der Waals surface area contributed by atoms with Crippen molar-refractivity contribution >= 4 is 5.91 Å². The average molecular weight is 237 g/mol. The van der Waals surface area contributed by atoms with E-state index >= 15 is 0 Å². The first-order valence-corrected chi connectivity index (χ1v) is 5.66. The van der Waals surface area contributed by atoms with Gasteiger partial charge in [0, 0.05) is 25.2 Å². The summed E-state index contributed by atoms with van der Waals surface area (Å²) >= 11 is 0. The van der Waals surface area contributed by atoms with E-state index in [1.54, 1.807) is 13.3 Å². The summed E-state index contributed by atoms with van der Waals surface area (Å²) in [6.45, 7) is 1.37. The Morgan fingerprint density at radius 3 is 3.06 bits per heavy atom. The minimum absolute atomic E-state index is 0.0658. The molecule has 0 radical (unpaired) electrons. The molecule has 0 atom stereocenters. The molecule has 17 heavy (non-hydrogen) atoms. The molecule has 0 aliphatic heterocycles. The zero-order chi connectivity index (χ0) is 12.5. The minimum Gasteiger partial charge on any atom is -0.481 e. The zero-order valence-corrected chi connectivity index (χ0v) is 10.3. The molecule has 1 rings (SSSR count). The molecule has 0 aliphatic carbocycles. The maximum atomic E-state index is 11.5. The highest BCUT2D eigenvalue weighted by Gasteiger charge is 2.01. The third-order valence-electron chi connectivity index (χ3n) is 2.33. The quantitative estimate of drug-likeness (QED) is 0.685. The number of hydrogen-bond donors (Lipinski definition) is 2. The van der Waals surface area contributed by atoms with Gasteiger partial charge in [-0.3, -0.25) is 4.79 Å². The number of pyridine rings is 1. The van der Waals surface area contributed by atoms with E-state index in [-0.39, 0.29) is 5.91 Å². The van der Waals surface area contributed by atoms with Crippen LogP contribution in [0.3, 0.4) is 0 Å². The molecule has 0 fully saturated rings. The van der Waals surface area contributed by atoms with Crippen LogP contribution < -0.4 is 15.4 Å². The highest BCUT2D eigenvalue weighted by molar-refractivity contribution is 5.75. The van der Waals surface area contributed by atoms with Gasteiger partial charge in [-0.1, -0.05) is 0 Å². The lowest BCUT2D eigenvalue weighted by Crippen LogP contribution is -2.23. The Kier molecular flexibility index (Phi) is 6.03. The Balaban J connectivity index is 2.31. The first kappa shape index (κ1) is 13.4. The van der Waals surface area contributed by atoms with E-state index in [0.29, 0.717) is 18.8 Å². The molecular formula is C12H19N3O2. The first-order valence-electron chi connectivity index (χ1n) is 5.66. The molecule has 1 aromatic rings. The third kappa shape index (κ3) is 5.31. The Labute approximate surface area is 102 Å². The lowest BCUT2D eigenvalue weighted by Gasteiger charge is -2.06. The Hall–Kier alpha value is -1.62. The number of rotatable bonds is 7. The monoisotopic (exact) mass is 237 g/mol. The maximum absolute atomic E-state index is 11.5. The van der Waals surface area contributed by atoms with E-state index in [1.807, 2.05) is 19.2 Å². The summed E-state index contributed by atoms with van der Waals surface area (Å²) in [6, 6.07) is 3.67.